The highest BCUT2D eigenvalue weighted by Gasteiger charge is 2.26. The largest absolute Gasteiger partial charge is 0.457 e. The molecule has 1 saturated heterocycles. The van der Waals surface area contributed by atoms with Gasteiger partial charge in [0.05, 0.1) is 21.7 Å². The van der Waals surface area contributed by atoms with E-state index in [1.54, 1.807) is 53.2 Å². The zero-order valence-electron chi connectivity index (χ0n) is 18.6. The van der Waals surface area contributed by atoms with Crippen LogP contribution in [0.3, 0.4) is 0 Å². The summed E-state index contributed by atoms with van der Waals surface area (Å²) in [6, 6.07) is 12.3. The molecule has 2 heterocycles. The topological polar surface area (TPSA) is 76.5 Å². The first kappa shape index (κ1) is 23.9. The van der Waals surface area contributed by atoms with E-state index in [2.05, 4.69) is 11.9 Å². The van der Waals surface area contributed by atoms with Crippen LogP contribution in [0.4, 0.5) is 0 Å². The van der Waals surface area contributed by atoms with E-state index >= 15 is 0 Å². The molecule has 7 nitrogen and oxygen atoms in total. The standard InChI is InChI=1S/C25H24Cl2N4O3/c1-3-23(32)30-12-4-5-17(14-30)31-15-20(25(33)28-2)24(29-31)16-6-8-18(9-7-16)34-19-10-11-21(26)22(27)13-19/h3,6-11,13,15,17H,1,4-5,12,14H2,2H3,(H,28,33). The SMILES string of the molecule is C=CC(=O)N1CCCC(n2cc(C(=O)NC)c(-c3ccc(Oc4ccc(Cl)c(Cl)c4)cc3)n2)C1. The Balaban J connectivity index is 1.59. The van der Waals surface area contributed by atoms with Crippen LogP contribution in [0, 0.1) is 0 Å². The highest BCUT2D eigenvalue weighted by Crippen LogP contribution is 2.32. The smallest absolute Gasteiger partial charge is 0.254 e. The van der Waals surface area contributed by atoms with E-state index in [1.807, 2.05) is 12.1 Å². The number of piperidine rings is 1. The number of halogens is 2. The summed E-state index contributed by atoms with van der Waals surface area (Å²) < 4.78 is 7.65. The lowest BCUT2D eigenvalue weighted by Crippen LogP contribution is -2.40. The van der Waals surface area contributed by atoms with Gasteiger partial charge in [0.1, 0.15) is 17.2 Å². The van der Waals surface area contributed by atoms with Crippen LogP contribution in [-0.2, 0) is 4.79 Å². The number of amides is 2. The van der Waals surface area contributed by atoms with E-state index in [4.69, 9.17) is 33.0 Å². The average Bonchev–Trinajstić information content (AvgIpc) is 3.31. The van der Waals surface area contributed by atoms with Gasteiger partial charge in [0.25, 0.3) is 5.91 Å². The second-order valence-corrected chi connectivity index (χ2v) is 8.75. The lowest BCUT2D eigenvalue weighted by atomic mass is 10.1. The maximum atomic E-state index is 12.6. The highest BCUT2D eigenvalue weighted by molar-refractivity contribution is 6.42. The summed E-state index contributed by atoms with van der Waals surface area (Å²) in [7, 11) is 1.59. The van der Waals surface area contributed by atoms with E-state index in [0.717, 1.165) is 18.4 Å². The maximum Gasteiger partial charge on any atom is 0.254 e. The second kappa shape index (κ2) is 10.3. The molecule has 34 heavy (non-hydrogen) atoms. The Morgan fingerprint density at radius 3 is 2.56 bits per heavy atom. The molecule has 1 aliphatic rings. The van der Waals surface area contributed by atoms with Crippen LogP contribution in [0.25, 0.3) is 11.3 Å². The van der Waals surface area contributed by atoms with Crippen molar-refractivity contribution in [2.45, 2.75) is 18.9 Å². The van der Waals surface area contributed by atoms with Gasteiger partial charge in [-0.3, -0.25) is 14.3 Å². The van der Waals surface area contributed by atoms with Gasteiger partial charge in [-0.05, 0) is 55.3 Å². The van der Waals surface area contributed by atoms with Crippen molar-refractivity contribution in [1.29, 1.82) is 0 Å². The van der Waals surface area contributed by atoms with Crippen LogP contribution in [0.2, 0.25) is 10.0 Å². The Labute approximate surface area is 207 Å². The normalized spacial score (nSPS) is 15.6. The van der Waals surface area contributed by atoms with Crippen molar-refractivity contribution >= 4 is 35.0 Å². The average molecular weight is 499 g/mol. The quantitative estimate of drug-likeness (QED) is 0.464. The molecule has 9 heteroatoms. The van der Waals surface area contributed by atoms with E-state index in [0.29, 0.717) is 45.9 Å². The summed E-state index contributed by atoms with van der Waals surface area (Å²) in [5.41, 5.74) is 1.80. The molecule has 2 aromatic carbocycles. The number of rotatable bonds is 6. The van der Waals surface area contributed by atoms with Gasteiger partial charge in [0, 0.05) is 38.0 Å². The number of carbonyl (C=O) groups excluding carboxylic acids is 2. The molecule has 1 aromatic heterocycles. The minimum Gasteiger partial charge on any atom is -0.457 e. The third-order valence-corrected chi connectivity index (χ3v) is 6.45. The van der Waals surface area contributed by atoms with Crippen LogP contribution in [-0.4, -0.2) is 46.6 Å². The molecule has 1 atom stereocenters. The van der Waals surface area contributed by atoms with E-state index < -0.39 is 0 Å². The molecule has 1 aliphatic heterocycles. The fourth-order valence-electron chi connectivity index (χ4n) is 3.95. The van der Waals surface area contributed by atoms with Gasteiger partial charge in [-0.1, -0.05) is 29.8 Å². The first-order valence-corrected chi connectivity index (χ1v) is 11.6. The summed E-state index contributed by atoms with van der Waals surface area (Å²) >= 11 is 12.0. The van der Waals surface area contributed by atoms with Gasteiger partial charge in [-0.2, -0.15) is 5.10 Å². The van der Waals surface area contributed by atoms with Crippen molar-refractivity contribution < 1.29 is 14.3 Å². The number of hydrogen-bond acceptors (Lipinski definition) is 4. The van der Waals surface area contributed by atoms with Gasteiger partial charge in [-0.15, -0.1) is 0 Å². The van der Waals surface area contributed by atoms with Gasteiger partial charge in [0.15, 0.2) is 0 Å². The molecule has 0 spiro atoms. The Morgan fingerprint density at radius 1 is 1.15 bits per heavy atom. The molecule has 0 bridgehead atoms. The third kappa shape index (κ3) is 5.11. The first-order chi connectivity index (χ1) is 16.4. The second-order valence-electron chi connectivity index (χ2n) is 7.94. The lowest BCUT2D eigenvalue weighted by Gasteiger charge is -2.32. The third-order valence-electron chi connectivity index (χ3n) is 5.72. The van der Waals surface area contributed by atoms with Gasteiger partial charge in [-0.25, -0.2) is 0 Å². The van der Waals surface area contributed by atoms with Crippen LogP contribution in [0.1, 0.15) is 29.2 Å². The van der Waals surface area contributed by atoms with Crippen molar-refractivity contribution in [1.82, 2.24) is 20.0 Å². The maximum absolute atomic E-state index is 12.6. The zero-order valence-corrected chi connectivity index (χ0v) is 20.1. The van der Waals surface area contributed by atoms with Gasteiger partial charge in [0.2, 0.25) is 5.91 Å². The Bertz CT molecular complexity index is 1220. The molecular formula is C25H24Cl2N4O3. The molecule has 3 aromatic rings. The van der Waals surface area contributed by atoms with Crippen molar-refractivity contribution in [3.05, 3.63) is 76.9 Å². The Kier molecular flexibility index (Phi) is 7.24. The Hall–Kier alpha value is -3.29. The van der Waals surface area contributed by atoms with Crippen molar-refractivity contribution in [2.75, 3.05) is 20.1 Å². The molecule has 176 valence electrons. The van der Waals surface area contributed by atoms with Crippen molar-refractivity contribution in [2.24, 2.45) is 0 Å². The summed E-state index contributed by atoms with van der Waals surface area (Å²) in [5, 5.41) is 8.29. The summed E-state index contributed by atoms with van der Waals surface area (Å²) in [5.74, 6) is 0.843. The minimum absolute atomic E-state index is 0.0212. The number of ether oxygens (including phenoxy) is 1. The van der Waals surface area contributed by atoms with Crippen LogP contribution in [0.5, 0.6) is 11.5 Å². The van der Waals surface area contributed by atoms with Gasteiger partial charge < -0.3 is 15.0 Å². The van der Waals surface area contributed by atoms with Crippen LogP contribution < -0.4 is 10.1 Å². The van der Waals surface area contributed by atoms with Crippen molar-refractivity contribution in [3.63, 3.8) is 0 Å². The molecule has 2 amide bonds. The summed E-state index contributed by atoms with van der Waals surface area (Å²) in [6.45, 7) is 4.79. The number of benzene rings is 2. The number of nitrogens with one attached hydrogen (secondary N) is 1. The van der Waals surface area contributed by atoms with E-state index in [1.165, 1.54) is 6.08 Å². The van der Waals surface area contributed by atoms with Gasteiger partial charge >= 0.3 is 0 Å². The van der Waals surface area contributed by atoms with Crippen molar-refractivity contribution in [3.8, 4) is 22.8 Å². The highest BCUT2D eigenvalue weighted by atomic mass is 35.5. The number of nitrogens with zero attached hydrogens (tertiary/aromatic N) is 3. The molecular weight excluding hydrogens is 475 g/mol. The fourth-order valence-corrected chi connectivity index (χ4v) is 4.24. The number of hydrogen-bond donors (Lipinski definition) is 1. The number of aromatic nitrogens is 2. The molecule has 1 unspecified atom stereocenters. The monoisotopic (exact) mass is 498 g/mol. The molecule has 0 saturated carbocycles. The molecule has 1 fully saturated rings. The fraction of sp³-hybridized carbons (Fsp3) is 0.240. The van der Waals surface area contributed by atoms with Crippen LogP contribution in [0.15, 0.2) is 61.3 Å². The Morgan fingerprint density at radius 2 is 1.88 bits per heavy atom. The number of likely N-dealkylation sites (tertiary alicyclic amines) is 1. The summed E-state index contributed by atoms with van der Waals surface area (Å²) in [6.07, 6.45) is 4.80. The predicted octanol–water partition coefficient (Wildman–Crippen LogP) is 5.36. The van der Waals surface area contributed by atoms with E-state index in [-0.39, 0.29) is 17.9 Å². The zero-order chi connectivity index (χ0) is 24.2. The molecule has 1 N–H and O–H groups in total. The molecule has 0 aliphatic carbocycles. The lowest BCUT2D eigenvalue weighted by molar-refractivity contribution is -0.127. The van der Waals surface area contributed by atoms with Crippen LogP contribution >= 0.6 is 23.2 Å². The molecule has 0 radical (unpaired) electrons. The minimum atomic E-state index is -0.229. The number of carbonyl (C=O) groups is 2. The predicted molar refractivity (Wildman–Crippen MR) is 133 cm³/mol. The first-order valence-electron chi connectivity index (χ1n) is 10.9. The van der Waals surface area contributed by atoms with E-state index in [9.17, 15) is 9.59 Å². The summed E-state index contributed by atoms with van der Waals surface area (Å²) in [4.78, 5) is 26.4. The molecule has 4 rings (SSSR count).